The van der Waals surface area contributed by atoms with Crippen molar-refractivity contribution in [3.8, 4) is 0 Å². The zero-order valence-electron chi connectivity index (χ0n) is 12.5. The first-order valence-electron chi connectivity index (χ1n) is 7.15. The van der Waals surface area contributed by atoms with Gasteiger partial charge in [-0.25, -0.2) is 0 Å². The molecule has 1 saturated carbocycles. The molecule has 3 unspecified atom stereocenters. The minimum atomic E-state index is 0.239. The Kier molecular flexibility index (Phi) is 3.31. The average molecular weight is 245 g/mol. The van der Waals surface area contributed by atoms with Crippen LogP contribution in [0.25, 0.3) is 0 Å². The van der Waals surface area contributed by atoms with Crippen molar-refractivity contribution in [1.29, 1.82) is 0 Å². The fourth-order valence-electron chi connectivity index (χ4n) is 3.13. The van der Waals surface area contributed by atoms with Gasteiger partial charge >= 0.3 is 0 Å². The second kappa shape index (κ2) is 4.38. The van der Waals surface area contributed by atoms with E-state index in [0.717, 1.165) is 6.42 Å². The second-order valence-electron chi connectivity index (χ2n) is 7.13. The van der Waals surface area contributed by atoms with Crippen molar-refractivity contribution in [3.05, 3.63) is 35.4 Å². The highest BCUT2D eigenvalue weighted by Crippen LogP contribution is 2.53. The van der Waals surface area contributed by atoms with Crippen molar-refractivity contribution in [1.82, 2.24) is 0 Å². The third kappa shape index (κ3) is 2.09. The Labute approximate surface area is 112 Å². The molecule has 0 spiro atoms. The largest absolute Gasteiger partial charge is 0.327 e. The summed E-state index contributed by atoms with van der Waals surface area (Å²) in [6.45, 7) is 11.4. The Balaban J connectivity index is 2.22. The molecular weight excluding hydrogens is 218 g/mol. The molecule has 0 radical (unpaired) electrons. The van der Waals surface area contributed by atoms with Crippen molar-refractivity contribution < 1.29 is 0 Å². The molecule has 1 aromatic rings. The molecule has 100 valence electrons. The molecule has 0 saturated heterocycles. The van der Waals surface area contributed by atoms with Crippen molar-refractivity contribution in [2.45, 2.75) is 64.8 Å². The Morgan fingerprint density at radius 2 is 1.78 bits per heavy atom. The van der Waals surface area contributed by atoms with Gasteiger partial charge in [0, 0.05) is 6.04 Å². The molecule has 3 atom stereocenters. The highest BCUT2D eigenvalue weighted by Gasteiger charge is 2.48. The van der Waals surface area contributed by atoms with Crippen molar-refractivity contribution in [3.63, 3.8) is 0 Å². The quantitative estimate of drug-likeness (QED) is 0.829. The highest BCUT2D eigenvalue weighted by atomic mass is 14.8. The van der Waals surface area contributed by atoms with Crippen LogP contribution in [0.15, 0.2) is 24.3 Å². The molecule has 1 nitrogen and oxygen atoms in total. The van der Waals surface area contributed by atoms with Crippen LogP contribution in [0.2, 0.25) is 0 Å². The molecule has 2 rings (SSSR count). The number of hydrogen-bond acceptors (Lipinski definition) is 1. The van der Waals surface area contributed by atoms with Crippen LogP contribution in [0.3, 0.4) is 0 Å². The highest BCUT2D eigenvalue weighted by molar-refractivity contribution is 5.33. The summed E-state index contributed by atoms with van der Waals surface area (Å²) in [6, 6.07) is 9.57. The molecule has 1 aromatic carbocycles. The predicted octanol–water partition coefficient (Wildman–Crippen LogP) is 4.22. The van der Waals surface area contributed by atoms with E-state index >= 15 is 0 Å². The van der Waals surface area contributed by atoms with Gasteiger partial charge in [0.25, 0.3) is 0 Å². The van der Waals surface area contributed by atoms with Gasteiger partial charge < -0.3 is 5.73 Å². The predicted molar refractivity (Wildman–Crippen MR) is 78.9 cm³/mol. The summed E-state index contributed by atoms with van der Waals surface area (Å²) in [5, 5.41) is 0. The van der Waals surface area contributed by atoms with E-state index in [1.807, 2.05) is 0 Å². The fourth-order valence-corrected chi connectivity index (χ4v) is 3.13. The lowest BCUT2D eigenvalue weighted by Crippen LogP contribution is -2.54. The van der Waals surface area contributed by atoms with E-state index < -0.39 is 0 Å². The monoisotopic (exact) mass is 245 g/mol. The molecule has 0 aliphatic heterocycles. The fraction of sp³-hybridized carbons (Fsp3) is 0.647. The van der Waals surface area contributed by atoms with Gasteiger partial charge in [-0.1, -0.05) is 58.9 Å². The van der Waals surface area contributed by atoms with E-state index in [4.69, 9.17) is 5.73 Å². The molecule has 1 fully saturated rings. The van der Waals surface area contributed by atoms with Gasteiger partial charge in [0.05, 0.1) is 0 Å². The molecular formula is C17H27N. The first-order chi connectivity index (χ1) is 8.29. The first-order valence-corrected chi connectivity index (χ1v) is 7.15. The lowest BCUT2D eigenvalue weighted by atomic mass is 9.54. The van der Waals surface area contributed by atoms with Gasteiger partial charge in [-0.3, -0.25) is 0 Å². The molecule has 0 bridgehead atoms. The summed E-state index contributed by atoms with van der Waals surface area (Å²) in [7, 11) is 0. The van der Waals surface area contributed by atoms with E-state index in [9.17, 15) is 0 Å². The minimum Gasteiger partial charge on any atom is -0.327 e. The van der Waals surface area contributed by atoms with Crippen LogP contribution in [-0.4, -0.2) is 6.04 Å². The van der Waals surface area contributed by atoms with Crippen LogP contribution in [0, 0.1) is 5.41 Å². The molecule has 0 aromatic heterocycles. The summed E-state index contributed by atoms with van der Waals surface area (Å²) < 4.78 is 0. The third-order valence-electron chi connectivity index (χ3n) is 5.07. The Morgan fingerprint density at radius 1 is 1.22 bits per heavy atom. The van der Waals surface area contributed by atoms with E-state index in [-0.39, 0.29) is 5.41 Å². The van der Waals surface area contributed by atoms with Crippen molar-refractivity contribution in [2.24, 2.45) is 11.1 Å². The summed E-state index contributed by atoms with van der Waals surface area (Å²) in [5.41, 5.74) is 9.60. The number of benzene rings is 1. The van der Waals surface area contributed by atoms with Crippen LogP contribution in [0.5, 0.6) is 0 Å². The molecule has 18 heavy (non-hydrogen) atoms. The molecule has 0 amide bonds. The van der Waals surface area contributed by atoms with Gasteiger partial charge in [0.15, 0.2) is 0 Å². The maximum absolute atomic E-state index is 6.19. The number of nitrogens with two attached hydrogens (primary N) is 1. The maximum atomic E-state index is 6.19. The van der Waals surface area contributed by atoms with Crippen LogP contribution < -0.4 is 5.73 Å². The van der Waals surface area contributed by atoms with Crippen molar-refractivity contribution >= 4 is 0 Å². The van der Waals surface area contributed by atoms with Crippen LogP contribution in [-0.2, 0) is 5.41 Å². The molecule has 0 heterocycles. The lowest BCUT2D eigenvalue weighted by molar-refractivity contribution is 0.0706. The molecule has 1 heteroatoms. The van der Waals surface area contributed by atoms with Crippen LogP contribution in [0.4, 0.5) is 0 Å². The number of hydrogen-bond donors (Lipinski definition) is 1. The van der Waals surface area contributed by atoms with E-state index in [2.05, 4.69) is 58.9 Å². The summed E-state index contributed by atoms with van der Waals surface area (Å²) in [6.07, 6.45) is 2.30. The normalized spacial score (nSPS) is 32.1. The van der Waals surface area contributed by atoms with Crippen LogP contribution >= 0.6 is 0 Å². The third-order valence-corrected chi connectivity index (χ3v) is 5.07. The van der Waals surface area contributed by atoms with Gasteiger partial charge in [-0.15, -0.1) is 0 Å². The van der Waals surface area contributed by atoms with Gasteiger partial charge in [0.2, 0.25) is 0 Å². The van der Waals surface area contributed by atoms with E-state index in [0.29, 0.717) is 17.4 Å². The molecule has 1 aliphatic carbocycles. The molecule has 2 N–H and O–H groups in total. The van der Waals surface area contributed by atoms with Crippen molar-refractivity contribution in [2.75, 3.05) is 0 Å². The van der Waals surface area contributed by atoms with E-state index in [1.54, 1.807) is 0 Å². The smallest absolute Gasteiger partial charge is 0.0105 e. The standard InChI is InChI=1S/C17H27N/c1-6-17(5)14(11-15(17)18)12-7-9-13(10-8-12)16(2,3)4/h7-10,14-15H,6,11,18H2,1-5H3. The zero-order chi connectivity index (χ0) is 13.6. The number of rotatable bonds is 2. The summed E-state index contributed by atoms with van der Waals surface area (Å²) in [4.78, 5) is 0. The SMILES string of the molecule is CCC1(C)C(N)CC1c1ccc(C(C)(C)C)cc1. The Bertz CT molecular complexity index is 412. The average Bonchev–Trinajstić information content (AvgIpc) is 2.34. The zero-order valence-corrected chi connectivity index (χ0v) is 12.5. The maximum Gasteiger partial charge on any atom is 0.0105 e. The van der Waals surface area contributed by atoms with Gasteiger partial charge in [0.1, 0.15) is 0 Å². The topological polar surface area (TPSA) is 26.0 Å². The Morgan fingerprint density at radius 3 is 2.17 bits per heavy atom. The van der Waals surface area contributed by atoms with Gasteiger partial charge in [-0.2, -0.15) is 0 Å². The van der Waals surface area contributed by atoms with E-state index in [1.165, 1.54) is 17.5 Å². The van der Waals surface area contributed by atoms with Crippen LogP contribution in [0.1, 0.15) is 64.5 Å². The summed E-state index contributed by atoms with van der Waals surface area (Å²) >= 11 is 0. The first kappa shape index (κ1) is 13.6. The second-order valence-corrected chi connectivity index (χ2v) is 7.13. The molecule has 1 aliphatic rings. The summed E-state index contributed by atoms with van der Waals surface area (Å²) in [5.74, 6) is 0.645. The van der Waals surface area contributed by atoms with Gasteiger partial charge in [-0.05, 0) is 40.7 Å². The lowest BCUT2D eigenvalue weighted by Gasteiger charge is -2.53. The Hall–Kier alpha value is -0.820. The minimum absolute atomic E-state index is 0.239.